The minimum atomic E-state index is -0.758. The zero-order valence-corrected chi connectivity index (χ0v) is 37.4. The second kappa shape index (κ2) is 43.5. The molecule has 0 rings (SSSR count). The molecule has 0 aromatic carbocycles. The Balaban J connectivity index is 4.23. The van der Waals surface area contributed by atoms with Crippen LogP contribution in [0.15, 0.2) is 0 Å². The first kappa shape index (κ1) is 53.4. The Morgan fingerprint density at radius 2 is 0.600 bits per heavy atom. The SMILES string of the molecule is CCCCCCCCCCCCCC(=O)OC[C@@H](COC(=O)CCCCCCCCCCCCCCCCC(C)C)OC(=O)CCCCCCCCCCC. The quantitative estimate of drug-likeness (QED) is 0.0348. The first-order valence-corrected chi connectivity index (χ1v) is 24.4. The highest BCUT2D eigenvalue weighted by molar-refractivity contribution is 5.71. The number of carbonyl (C=O) groups is 3. The van der Waals surface area contributed by atoms with Crippen LogP contribution >= 0.6 is 0 Å². The van der Waals surface area contributed by atoms with Gasteiger partial charge in [0.05, 0.1) is 0 Å². The summed E-state index contributed by atoms with van der Waals surface area (Å²) in [5, 5.41) is 0. The number of ether oxygens (including phenoxy) is 3. The van der Waals surface area contributed by atoms with Crippen LogP contribution in [0.5, 0.6) is 0 Å². The maximum atomic E-state index is 12.7. The second-order valence-corrected chi connectivity index (χ2v) is 17.2. The van der Waals surface area contributed by atoms with E-state index in [-0.39, 0.29) is 31.1 Å². The normalized spacial score (nSPS) is 11.9. The van der Waals surface area contributed by atoms with Crippen molar-refractivity contribution in [2.24, 2.45) is 5.92 Å². The van der Waals surface area contributed by atoms with Gasteiger partial charge in [-0.15, -0.1) is 0 Å². The summed E-state index contributed by atoms with van der Waals surface area (Å²) < 4.78 is 16.7. The summed E-state index contributed by atoms with van der Waals surface area (Å²) in [6.07, 6.45) is 43.7. The van der Waals surface area contributed by atoms with E-state index in [1.807, 2.05) is 0 Å². The Labute approximate surface area is 342 Å². The highest BCUT2D eigenvalue weighted by atomic mass is 16.6. The van der Waals surface area contributed by atoms with Crippen molar-refractivity contribution in [2.75, 3.05) is 13.2 Å². The summed E-state index contributed by atoms with van der Waals surface area (Å²) in [4.78, 5) is 37.7. The van der Waals surface area contributed by atoms with Crippen LogP contribution in [0.4, 0.5) is 0 Å². The molecule has 6 nitrogen and oxygen atoms in total. The number of carbonyl (C=O) groups excluding carboxylic acids is 3. The Morgan fingerprint density at radius 1 is 0.345 bits per heavy atom. The van der Waals surface area contributed by atoms with Crippen LogP contribution in [0.1, 0.15) is 272 Å². The molecule has 0 fully saturated rings. The Kier molecular flexibility index (Phi) is 42.3. The van der Waals surface area contributed by atoms with Crippen molar-refractivity contribution in [3.05, 3.63) is 0 Å². The van der Waals surface area contributed by atoms with E-state index in [2.05, 4.69) is 27.7 Å². The fourth-order valence-electron chi connectivity index (χ4n) is 7.33. The van der Waals surface area contributed by atoms with Crippen LogP contribution in [-0.4, -0.2) is 37.2 Å². The van der Waals surface area contributed by atoms with Crippen molar-refractivity contribution in [1.29, 1.82) is 0 Å². The average molecular weight is 779 g/mol. The lowest BCUT2D eigenvalue weighted by Crippen LogP contribution is -2.30. The molecule has 0 aromatic rings. The fourth-order valence-corrected chi connectivity index (χ4v) is 7.33. The predicted molar refractivity (Wildman–Crippen MR) is 233 cm³/mol. The van der Waals surface area contributed by atoms with Crippen LogP contribution in [0, 0.1) is 5.92 Å². The van der Waals surface area contributed by atoms with E-state index in [0.717, 1.165) is 63.7 Å². The van der Waals surface area contributed by atoms with Crippen LogP contribution in [0.25, 0.3) is 0 Å². The third-order valence-electron chi connectivity index (χ3n) is 11.0. The molecule has 0 N–H and O–H groups in total. The number of unbranched alkanes of at least 4 members (excludes halogenated alkanes) is 31. The van der Waals surface area contributed by atoms with Crippen molar-refractivity contribution in [3.8, 4) is 0 Å². The van der Waals surface area contributed by atoms with E-state index in [1.54, 1.807) is 0 Å². The van der Waals surface area contributed by atoms with Crippen LogP contribution in [0.3, 0.4) is 0 Å². The summed E-state index contributed by atoms with van der Waals surface area (Å²) >= 11 is 0. The highest BCUT2D eigenvalue weighted by Crippen LogP contribution is 2.17. The van der Waals surface area contributed by atoms with Crippen LogP contribution < -0.4 is 0 Å². The van der Waals surface area contributed by atoms with Gasteiger partial charge in [-0.05, 0) is 25.2 Å². The maximum Gasteiger partial charge on any atom is 0.306 e. The van der Waals surface area contributed by atoms with Gasteiger partial charge < -0.3 is 14.2 Å². The molecule has 0 aromatic heterocycles. The van der Waals surface area contributed by atoms with Crippen molar-refractivity contribution >= 4 is 17.9 Å². The molecule has 0 aliphatic heterocycles. The molecule has 326 valence electrons. The Morgan fingerprint density at radius 3 is 0.891 bits per heavy atom. The highest BCUT2D eigenvalue weighted by Gasteiger charge is 2.19. The lowest BCUT2D eigenvalue weighted by molar-refractivity contribution is -0.167. The van der Waals surface area contributed by atoms with Crippen LogP contribution in [-0.2, 0) is 28.6 Å². The molecule has 0 radical (unpaired) electrons. The molecule has 0 unspecified atom stereocenters. The largest absolute Gasteiger partial charge is 0.462 e. The summed E-state index contributed by atoms with van der Waals surface area (Å²) in [5.74, 6) is -0.00717. The smallest absolute Gasteiger partial charge is 0.306 e. The van der Waals surface area contributed by atoms with E-state index in [1.165, 1.54) is 167 Å². The second-order valence-electron chi connectivity index (χ2n) is 17.2. The monoisotopic (exact) mass is 779 g/mol. The van der Waals surface area contributed by atoms with Gasteiger partial charge in [0.25, 0.3) is 0 Å². The molecule has 6 heteroatoms. The van der Waals surface area contributed by atoms with Gasteiger partial charge in [0, 0.05) is 19.3 Å². The molecule has 0 aliphatic rings. The number of hydrogen-bond donors (Lipinski definition) is 0. The third-order valence-corrected chi connectivity index (χ3v) is 11.0. The maximum absolute atomic E-state index is 12.7. The van der Waals surface area contributed by atoms with E-state index in [0.29, 0.717) is 19.3 Å². The Bertz CT molecular complexity index is 826. The van der Waals surface area contributed by atoms with Gasteiger partial charge in [0.2, 0.25) is 0 Å². The van der Waals surface area contributed by atoms with Gasteiger partial charge in [0.15, 0.2) is 6.10 Å². The van der Waals surface area contributed by atoms with Gasteiger partial charge in [-0.2, -0.15) is 0 Å². The van der Waals surface area contributed by atoms with Crippen molar-refractivity contribution in [1.82, 2.24) is 0 Å². The fraction of sp³-hybridized carbons (Fsp3) is 0.939. The van der Waals surface area contributed by atoms with Crippen molar-refractivity contribution < 1.29 is 28.6 Å². The van der Waals surface area contributed by atoms with E-state index < -0.39 is 6.10 Å². The minimum Gasteiger partial charge on any atom is -0.462 e. The lowest BCUT2D eigenvalue weighted by atomic mass is 10.0. The minimum absolute atomic E-state index is 0.0633. The lowest BCUT2D eigenvalue weighted by Gasteiger charge is -2.18. The van der Waals surface area contributed by atoms with E-state index in [4.69, 9.17) is 14.2 Å². The van der Waals surface area contributed by atoms with Gasteiger partial charge in [0.1, 0.15) is 13.2 Å². The molecule has 55 heavy (non-hydrogen) atoms. The Hall–Kier alpha value is -1.59. The van der Waals surface area contributed by atoms with Crippen molar-refractivity contribution in [3.63, 3.8) is 0 Å². The molecule has 0 aliphatic carbocycles. The zero-order chi connectivity index (χ0) is 40.3. The van der Waals surface area contributed by atoms with Gasteiger partial charge in [-0.3, -0.25) is 14.4 Å². The first-order valence-electron chi connectivity index (χ1n) is 24.4. The molecule has 0 saturated heterocycles. The van der Waals surface area contributed by atoms with E-state index >= 15 is 0 Å². The predicted octanol–water partition coefficient (Wildman–Crippen LogP) is 15.5. The van der Waals surface area contributed by atoms with E-state index in [9.17, 15) is 14.4 Å². The number of hydrogen-bond acceptors (Lipinski definition) is 6. The van der Waals surface area contributed by atoms with Crippen molar-refractivity contribution in [2.45, 2.75) is 278 Å². The zero-order valence-electron chi connectivity index (χ0n) is 37.4. The summed E-state index contributed by atoms with van der Waals surface area (Å²) in [7, 11) is 0. The third kappa shape index (κ3) is 43.4. The molecule has 0 amide bonds. The molecule has 1 atom stereocenters. The summed E-state index contributed by atoms with van der Waals surface area (Å²) in [6, 6.07) is 0. The molecular formula is C49H94O6. The summed E-state index contributed by atoms with van der Waals surface area (Å²) in [6.45, 7) is 9.00. The van der Waals surface area contributed by atoms with Gasteiger partial charge >= 0.3 is 17.9 Å². The molecular weight excluding hydrogens is 685 g/mol. The van der Waals surface area contributed by atoms with Gasteiger partial charge in [-0.25, -0.2) is 0 Å². The van der Waals surface area contributed by atoms with Gasteiger partial charge in [-0.1, -0.05) is 233 Å². The topological polar surface area (TPSA) is 78.9 Å². The first-order chi connectivity index (χ1) is 26.9. The number of rotatable bonds is 44. The van der Waals surface area contributed by atoms with Crippen LogP contribution in [0.2, 0.25) is 0 Å². The summed E-state index contributed by atoms with van der Waals surface area (Å²) in [5.41, 5.74) is 0. The molecule has 0 spiro atoms. The molecule has 0 heterocycles. The number of esters is 3. The standard InChI is InChI=1S/C49H94O6/c1-5-7-9-11-13-15-20-25-28-32-36-40-47(50)53-43-46(55-49(52)42-38-34-30-23-14-12-10-8-6-2)44-54-48(51)41-37-33-29-26-22-19-17-16-18-21-24-27-31-35-39-45(3)4/h45-46H,5-44H2,1-4H3/t46-/m0/s1. The average Bonchev–Trinajstić information content (AvgIpc) is 3.17. The molecule has 0 bridgehead atoms. The molecule has 0 saturated carbocycles.